The fourth-order valence-electron chi connectivity index (χ4n) is 2.77. The van der Waals surface area contributed by atoms with Gasteiger partial charge in [0.2, 0.25) is 11.8 Å². The third kappa shape index (κ3) is 4.00. The average molecular weight is 344 g/mol. The standard InChI is InChI=1S/C18H24N4O3/c1-18(2,19)17(24)20-14-3-4-15-13(11-14)5-6-22(15)12-16(23)21-7-9-25-10-8-21/h3-6,11H,7-10,12,19H2,1-2H3,(H,20,24). The fourth-order valence-corrected chi connectivity index (χ4v) is 2.77. The monoisotopic (exact) mass is 344 g/mol. The molecule has 7 heteroatoms. The van der Waals surface area contributed by atoms with Crippen LogP contribution in [-0.4, -0.2) is 53.1 Å². The first-order valence-electron chi connectivity index (χ1n) is 8.39. The number of rotatable bonds is 4. The van der Waals surface area contributed by atoms with Crippen molar-refractivity contribution >= 4 is 28.4 Å². The molecule has 1 aliphatic heterocycles. The van der Waals surface area contributed by atoms with Gasteiger partial charge in [0.15, 0.2) is 0 Å². The quantitative estimate of drug-likeness (QED) is 0.871. The Hall–Kier alpha value is -2.38. The highest BCUT2D eigenvalue weighted by molar-refractivity contribution is 5.99. The molecule has 25 heavy (non-hydrogen) atoms. The van der Waals surface area contributed by atoms with E-state index >= 15 is 0 Å². The molecule has 0 unspecified atom stereocenters. The third-order valence-electron chi connectivity index (χ3n) is 4.28. The molecule has 2 amide bonds. The van der Waals surface area contributed by atoms with Gasteiger partial charge in [-0.1, -0.05) is 0 Å². The molecule has 2 heterocycles. The number of nitrogens with zero attached hydrogens (tertiary/aromatic N) is 2. The number of amides is 2. The minimum atomic E-state index is -0.939. The maximum Gasteiger partial charge on any atom is 0.243 e. The zero-order valence-electron chi connectivity index (χ0n) is 14.6. The summed E-state index contributed by atoms with van der Waals surface area (Å²) in [6.45, 7) is 6.10. The molecular weight excluding hydrogens is 320 g/mol. The van der Waals surface area contributed by atoms with E-state index in [0.29, 0.717) is 38.5 Å². The number of carbonyl (C=O) groups excluding carboxylic acids is 2. The van der Waals surface area contributed by atoms with Crippen molar-refractivity contribution in [1.82, 2.24) is 9.47 Å². The lowest BCUT2D eigenvalue weighted by molar-refractivity contribution is -0.135. The van der Waals surface area contributed by atoms with E-state index in [-0.39, 0.29) is 11.8 Å². The Kier molecular flexibility index (Phi) is 4.78. The number of ether oxygens (including phenoxy) is 1. The van der Waals surface area contributed by atoms with Crippen LogP contribution in [0.4, 0.5) is 5.69 Å². The molecule has 0 aliphatic carbocycles. The number of hydrogen-bond acceptors (Lipinski definition) is 4. The third-order valence-corrected chi connectivity index (χ3v) is 4.28. The summed E-state index contributed by atoms with van der Waals surface area (Å²) in [6.07, 6.45) is 1.89. The van der Waals surface area contributed by atoms with Crippen molar-refractivity contribution in [2.24, 2.45) is 5.73 Å². The molecule has 1 aromatic heterocycles. The number of aromatic nitrogens is 1. The van der Waals surface area contributed by atoms with Crippen molar-refractivity contribution < 1.29 is 14.3 Å². The Bertz CT molecular complexity index is 785. The molecule has 134 valence electrons. The Morgan fingerprint density at radius 2 is 1.96 bits per heavy atom. The van der Waals surface area contributed by atoms with E-state index in [1.165, 1.54) is 0 Å². The highest BCUT2D eigenvalue weighted by Gasteiger charge is 2.22. The van der Waals surface area contributed by atoms with Gasteiger partial charge in [-0.3, -0.25) is 9.59 Å². The van der Waals surface area contributed by atoms with E-state index in [1.807, 2.05) is 39.9 Å². The highest BCUT2D eigenvalue weighted by Crippen LogP contribution is 2.21. The van der Waals surface area contributed by atoms with Crippen LogP contribution < -0.4 is 11.1 Å². The molecule has 1 saturated heterocycles. The van der Waals surface area contributed by atoms with Crippen LogP contribution in [0, 0.1) is 0 Å². The summed E-state index contributed by atoms with van der Waals surface area (Å²) in [4.78, 5) is 26.2. The Labute approximate surface area is 146 Å². The van der Waals surface area contributed by atoms with Crippen molar-refractivity contribution in [1.29, 1.82) is 0 Å². The lowest BCUT2D eigenvalue weighted by Gasteiger charge is -2.27. The van der Waals surface area contributed by atoms with Crippen molar-refractivity contribution in [2.75, 3.05) is 31.6 Å². The zero-order chi connectivity index (χ0) is 18.0. The number of benzene rings is 1. The summed E-state index contributed by atoms with van der Waals surface area (Å²) in [5.41, 5.74) is 6.50. The van der Waals surface area contributed by atoms with Crippen LogP contribution >= 0.6 is 0 Å². The SMILES string of the molecule is CC(C)(N)C(=O)Nc1ccc2c(ccn2CC(=O)N2CCOCC2)c1. The van der Waals surface area contributed by atoms with E-state index in [9.17, 15) is 9.59 Å². The minimum absolute atomic E-state index is 0.0862. The number of nitrogens with two attached hydrogens (primary N) is 1. The molecule has 3 rings (SSSR count). The number of nitrogens with one attached hydrogen (secondary N) is 1. The Balaban J connectivity index is 1.73. The molecule has 1 aromatic carbocycles. The van der Waals surface area contributed by atoms with E-state index in [2.05, 4.69) is 5.32 Å². The van der Waals surface area contributed by atoms with Gasteiger partial charge in [0.1, 0.15) is 6.54 Å². The second-order valence-electron chi connectivity index (χ2n) is 6.89. The van der Waals surface area contributed by atoms with Crippen LogP contribution in [0.5, 0.6) is 0 Å². The summed E-state index contributed by atoms with van der Waals surface area (Å²) in [7, 11) is 0. The first kappa shape index (κ1) is 17.4. The van der Waals surface area contributed by atoms with Crippen molar-refractivity contribution in [3.05, 3.63) is 30.5 Å². The summed E-state index contributed by atoms with van der Waals surface area (Å²) >= 11 is 0. The largest absolute Gasteiger partial charge is 0.378 e. The molecule has 0 bridgehead atoms. The van der Waals surface area contributed by atoms with Gasteiger partial charge in [-0.05, 0) is 38.1 Å². The van der Waals surface area contributed by atoms with Crippen molar-refractivity contribution in [2.45, 2.75) is 25.9 Å². The van der Waals surface area contributed by atoms with E-state index in [0.717, 1.165) is 10.9 Å². The van der Waals surface area contributed by atoms with E-state index in [1.54, 1.807) is 13.8 Å². The predicted octanol–water partition coefficient (Wildman–Crippen LogP) is 1.18. The van der Waals surface area contributed by atoms with Gasteiger partial charge in [0, 0.05) is 35.9 Å². The molecule has 0 spiro atoms. The van der Waals surface area contributed by atoms with Crippen LogP contribution in [-0.2, 0) is 20.9 Å². The van der Waals surface area contributed by atoms with Gasteiger partial charge in [-0.2, -0.15) is 0 Å². The predicted molar refractivity (Wildman–Crippen MR) is 96.2 cm³/mol. The number of carbonyl (C=O) groups is 2. The van der Waals surface area contributed by atoms with Gasteiger partial charge in [-0.15, -0.1) is 0 Å². The van der Waals surface area contributed by atoms with Crippen LogP contribution in [0.15, 0.2) is 30.5 Å². The normalized spacial score (nSPS) is 15.4. The highest BCUT2D eigenvalue weighted by atomic mass is 16.5. The summed E-state index contributed by atoms with van der Waals surface area (Å²) in [6, 6.07) is 7.54. The molecule has 7 nitrogen and oxygen atoms in total. The zero-order valence-corrected chi connectivity index (χ0v) is 14.6. The van der Waals surface area contributed by atoms with Crippen LogP contribution in [0.2, 0.25) is 0 Å². The van der Waals surface area contributed by atoms with Gasteiger partial charge >= 0.3 is 0 Å². The van der Waals surface area contributed by atoms with Gasteiger partial charge < -0.3 is 25.3 Å². The maximum atomic E-state index is 12.4. The second kappa shape index (κ2) is 6.85. The van der Waals surface area contributed by atoms with E-state index in [4.69, 9.17) is 10.5 Å². The average Bonchev–Trinajstić information content (AvgIpc) is 2.97. The lowest BCUT2D eigenvalue weighted by atomic mass is 10.1. The Morgan fingerprint density at radius 3 is 2.64 bits per heavy atom. The van der Waals surface area contributed by atoms with Crippen LogP contribution in [0.25, 0.3) is 10.9 Å². The molecule has 0 atom stereocenters. The maximum absolute atomic E-state index is 12.4. The molecular formula is C18H24N4O3. The van der Waals surface area contributed by atoms with Gasteiger partial charge in [0.25, 0.3) is 0 Å². The molecule has 0 radical (unpaired) electrons. The van der Waals surface area contributed by atoms with Gasteiger partial charge in [0.05, 0.1) is 18.8 Å². The Morgan fingerprint density at radius 1 is 1.24 bits per heavy atom. The van der Waals surface area contributed by atoms with Crippen LogP contribution in [0.3, 0.4) is 0 Å². The first-order chi connectivity index (χ1) is 11.8. The number of hydrogen-bond donors (Lipinski definition) is 2. The molecule has 0 saturated carbocycles. The number of fused-ring (bicyclic) bond motifs is 1. The minimum Gasteiger partial charge on any atom is -0.378 e. The first-order valence-corrected chi connectivity index (χ1v) is 8.39. The van der Waals surface area contributed by atoms with Crippen molar-refractivity contribution in [3.8, 4) is 0 Å². The summed E-state index contributed by atoms with van der Waals surface area (Å²) in [5, 5.41) is 3.77. The molecule has 1 fully saturated rings. The van der Waals surface area contributed by atoms with Crippen molar-refractivity contribution in [3.63, 3.8) is 0 Å². The van der Waals surface area contributed by atoms with Gasteiger partial charge in [-0.25, -0.2) is 0 Å². The van der Waals surface area contributed by atoms with E-state index < -0.39 is 5.54 Å². The fraction of sp³-hybridized carbons (Fsp3) is 0.444. The molecule has 2 aromatic rings. The number of anilines is 1. The summed E-state index contributed by atoms with van der Waals surface area (Å²) < 4.78 is 7.20. The van der Waals surface area contributed by atoms with Crippen LogP contribution in [0.1, 0.15) is 13.8 Å². The lowest BCUT2D eigenvalue weighted by Crippen LogP contribution is -2.45. The topological polar surface area (TPSA) is 89.6 Å². The summed E-state index contributed by atoms with van der Waals surface area (Å²) in [5.74, 6) is -0.156. The smallest absolute Gasteiger partial charge is 0.243 e. The second-order valence-corrected chi connectivity index (χ2v) is 6.89. The molecule has 3 N–H and O–H groups in total. The number of morpholine rings is 1. The molecule has 1 aliphatic rings.